The summed E-state index contributed by atoms with van der Waals surface area (Å²) in [4.78, 5) is 3.90. The number of aryl methyl sites for hydroxylation is 1. The zero-order chi connectivity index (χ0) is 9.84. The molecule has 0 radical (unpaired) electrons. The van der Waals surface area contributed by atoms with E-state index < -0.39 is 12.2 Å². The van der Waals surface area contributed by atoms with Crippen molar-refractivity contribution in [3.05, 3.63) is 29.6 Å². The third kappa shape index (κ3) is 2.43. The number of aliphatic hydroxyl groups excluding tert-OH is 2. The summed E-state index contributed by atoms with van der Waals surface area (Å²) < 4.78 is 0. The number of hydrogen-bond donors (Lipinski definition) is 3. The van der Waals surface area contributed by atoms with Gasteiger partial charge in [0, 0.05) is 18.1 Å². The first-order valence-electron chi connectivity index (χ1n) is 4.04. The monoisotopic (exact) mass is 199 g/mol. The fourth-order valence-electron chi connectivity index (χ4n) is 1.12. The highest BCUT2D eigenvalue weighted by Crippen LogP contribution is 2.19. The van der Waals surface area contributed by atoms with E-state index in [1.165, 1.54) is 0 Å². The standard InChI is InChI=1S/C9H13NO2S/c1-6-4-10-3-2-7(6)9(12)8(11)5-13/h2-4,8-9,11-13H,5H2,1H3. The highest BCUT2D eigenvalue weighted by molar-refractivity contribution is 7.80. The average molecular weight is 199 g/mol. The van der Waals surface area contributed by atoms with E-state index in [-0.39, 0.29) is 5.75 Å². The minimum atomic E-state index is -0.875. The van der Waals surface area contributed by atoms with Crippen LogP contribution in [0.15, 0.2) is 18.5 Å². The highest BCUT2D eigenvalue weighted by atomic mass is 32.1. The van der Waals surface area contributed by atoms with Crippen LogP contribution in [-0.2, 0) is 0 Å². The third-order valence-corrected chi connectivity index (χ3v) is 2.31. The summed E-state index contributed by atoms with van der Waals surface area (Å²) in [5, 5.41) is 19.0. The number of thiol groups is 1. The second kappa shape index (κ2) is 4.60. The predicted molar refractivity (Wildman–Crippen MR) is 53.8 cm³/mol. The lowest BCUT2D eigenvalue weighted by atomic mass is 10.0. The molecule has 0 aliphatic rings. The van der Waals surface area contributed by atoms with E-state index in [1.807, 2.05) is 6.92 Å². The Hall–Kier alpha value is -0.580. The lowest BCUT2D eigenvalue weighted by Crippen LogP contribution is -2.20. The highest BCUT2D eigenvalue weighted by Gasteiger charge is 2.18. The second-order valence-corrected chi connectivity index (χ2v) is 3.29. The Kier molecular flexibility index (Phi) is 3.71. The van der Waals surface area contributed by atoms with Gasteiger partial charge in [-0.15, -0.1) is 0 Å². The van der Waals surface area contributed by atoms with E-state index >= 15 is 0 Å². The molecule has 72 valence electrons. The normalized spacial score (nSPS) is 15.4. The summed E-state index contributed by atoms with van der Waals surface area (Å²) in [5.41, 5.74) is 1.58. The first kappa shape index (κ1) is 10.5. The topological polar surface area (TPSA) is 53.4 Å². The van der Waals surface area contributed by atoms with Gasteiger partial charge < -0.3 is 10.2 Å². The molecule has 4 heteroatoms. The first-order valence-corrected chi connectivity index (χ1v) is 4.67. The number of nitrogens with zero attached hydrogens (tertiary/aromatic N) is 1. The Bertz CT molecular complexity index is 280. The van der Waals surface area contributed by atoms with Gasteiger partial charge in [-0.2, -0.15) is 12.6 Å². The van der Waals surface area contributed by atoms with Gasteiger partial charge in [-0.25, -0.2) is 0 Å². The quantitative estimate of drug-likeness (QED) is 0.629. The van der Waals surface area contributed by atoms with Crippen molar-refractivity contribution in [2.24, 2.45) is 0 Å². The van der Waals surface area contributed by atoms with Crippen LogP contribution in [0, 0.1) is 6.92 Å². The van der Waals surface area contributed by atoms with Crippen molar-refractivity contribution in [3.63, 3.8) is 0 Å². The lowest BCUT2D eigenvalue weighted by Gasteiger charge is -2.17. The van der Waals surface area contributed by atoms with E-state index in [9.17, 15) is 10.2 Å². The number of pyridine rings is 1. The van der Waals surface area contributed by atoms with Crippen molar-refractivity contribution < 1.29 is 10.2 Å². The molecule has 0 spiro atoms. The number of aromatic nitrogens is 1. The van der Waals surface area contributed by atoms with Crippen LogP contribution < -0.4 is 0 Å². The minimum absolute atomic E-state index is 0.239. The molecule has 0 saturated carbocycles. The number of rotatable bonds is 3. The maximum atomic E-state index is 9.64. The van der Waals surface area contributed by atoms with Gasteiger partial charge in [0.05, 0.1) is 6.10 Å². The summed E-state index contributed by atoms with van der Waals surface area (Å²) in [6, 6.07) is 1.70. The molecular formula is C9H13NO2S. The molecule has 1 aromatic heterocycles. The van der Waals surface area contributed by atoms with Crippen molar-refractivity contribution in [2.75, 3.05) is 5.75 Å². The molecular weight excluding hydrogens is 186 g/mol. The maximum absolute atomic E-state index is 9.64. The Labute approximate surface area is 82.9 Å². The zero-order valence-corrected chi connectivity index (χ0v) is 8.28. The maximum Gasteiger partial charge on any atom is 0.106 e. The first-order chi connectivity index (χ1) is 6.16. The SMILES string of the molecule is Cc1cnccc1C(O)C(O)CS. The lowest BCUT2D eigenvalue weighted by molar-refractivity contribution is 0.0333. The molecule has 2 atom stereocenters. The minimum Gasteiger partial charge on any atom is -0.389 e. The van der Waals surface area contributed by atoms with Gasteiger partial charge in [-0.05, 0) is 24.1 Å². The molecule has 2 unspecified atom stereocenters. The van der Waals surface area contributed by atoms with E-state index in [0.29, 0.717) is 5.56 Å². The molecule has 0 aliphatic heterocycles. The van der Waals surface area contributed by atoms with Crippen LogP contribution in [0.1, 0.15) is 17.2 Å². The summed E-state index contributed by atoms with van der Waals surface area (Å²) in [6.07, 6.45) is 1.55. The molecule has 0 fully saturated rings. The van der Waals surface area contributed by atoms with Gasteiger partial charge in [0.2, 0.25) is 0 Å². The fraction of sp³-hybridized carbons (Fsp3) is 0.444. The largest absolute Gasteiger partial charge is 0.389 e. The number of hydrogen-bond acceptors (Lipinski definition) is 4. The van der Waals surface area contributed by atoms with Crippen molar-refractivity contribution in [1.29, 1.82) is 0 Å². The van der Waals surface area contributed by atoms with Crippen molar-refractivity contribution >= 4 is 12.6 Å². The van der Waals surface area contributed by atoms with E-state index in [1.54, 1.807) is 18.5 Å². The van der Waals surface area contributed by atoms with Gasteiger partial charge in [0.15, 0.2) is 0 Å². The van der Waals surface area contributed by atoms with Crippen LogP contribution >= 0.6 is 12.6 Å². The van der Waals surface area contributed by atoms with Crippen molar-refractivity contribution in [3.8, 4) is 0 Å². The van der Waals surface area contributed by atoms with E-state index in [0.717, 1.165) is 5.56 Å². The Morgan fingerprint density at radius 2 is 2.23 bits per heavy atom. The van der Waals surface area contributed by atoms with Gasteiger partial charge >= 0.3 is 0 Å². The van der Waals surface area contributed by atoms with Gasteiger partial charge in [0.1, 0.15) is 6.10 Å². The molecule has 1 rings (SSSR count). The molecule has 0 aromatic carbocycles. The van der Waals surface area contributed by atoms with Crippen LogP contribution in [0.2, 0.25) is 0 Å². The summed E-state index contributed by atoms with van der Waals surface area (Å²) >= 11 is 3.91. The summed E-state index contributed by atoms with van der Waals surface area (Å²) in [6.45, 7) is 1.84. The van der Waals surface area contributed by atoms with Gasteiger partial charge in [-0.1, -0.05) is 0 Å². The fourth-order valence-corrected chi connectivity index (χ4v) is 1.32. The summed E-state index contributed by atoms with van der Waals surface area (Å²) in [7, 11) is 0. The van der Waals surface area contributed by atoms with Gasteiger partial charge in [0.25, 0.3) is 0 Å². The van der Waals surface area contributed by atoms with Crippen LogP contribution in [0.4, 0.5) is 0 Å². The van der Waals surface area contributed by atoms with Crippen LogP contribution in [0.25, 0.3) is 0 Å². The molecule has 1 aromatic rings. The molecule has 0 amide bonds. The Balaban J connectivity index is 2.88. The second-order valence-electron chi connectivity index (χ2n) is 2.93. The molecule has 13 heavy (non-hydrogen) atoms. The Morgan fingerprint density at radius 1 is 1.54 bits per heavy atom. The molecule has 0 bridgehead atoms. The molecule has 1 heterocycles. The Morgan fingerprint density at radius 3 is 2.77 bits per heavy atom. The molecule has 0 saturated heterocycles. The van der Waals surface area contributed by atoms with E-state index in [4.69, 9.17) is 0 Å². The smallest absolute Gasteiger partial charge is 0.106 e. The average Bonchev–Trinajstić information content (AvgIpc) is 2.16. The van der Waals surface area contributed by atoms with Crippen LogP contribution in [-0.4, -0.2) is 27.1 Å². The van der Waals surface area contributed by atoms with Crippen LogP contribution in [0.3, 0.4) is 0 Å². The van der Waals surface area contributed by atoms with Crippen molar-refractivity contribution in [1.82, 2.24) is 4.98 Å². The van der Waals surface area contributed by atoms with Gasteiger partial charge in [-0.3, -0.25) is 4.98 Å². The van der Waals surface area contributed by atoms with Crippen molar-refractivity contribution in [2.45, 2.75) is 19.1 Å². The molecule has 3 nitrogen and oxygen atoms in total. The van der Waals surface area contributed by atoms with E-state index in [2.05, 4.69) is 17.6 Å². The zero-order valence-electron chi connectivity index (χ0n) is 7.38. The summed E-state index contributed by atoms with van der Waals surface area (Å²) in [5.74, 6) is 0.239. The molecule has 2 N–H and O–H groups in total. The van der Waals surface area contributed by atoms with Crippen LogP contribution in [0.5, 0.6) is 0 Å². The third-order valence-electron chi connectivity index (χ3n) is 1.93. The number of aliphatic hydroxyl groups is 2. The predicted octanol–water partition coefficient (Wildman–Crippen LogP) is 0.714. The molecule has 0 aliphatic carbocycles.